The number of halogens is 1. The van der Waals surface area contributed by atoms with Gasteiger partial charge in [-0.25, -0.2) is 4.68 Å². The fourth-order valence-electron chi connectivity index (χ4n) is 2.07. The molecule has 9 nitrogen and oxygen atoms in total. The summed E-state index contributed by atoms with van der Waals surface area (Å²) in [6, 6.07) is 8.83. The number of carboxylic acids is 1. The number of anilines is 1. The minimum absolute atomic E-state index is 0.116. The van der Waals surface area contributed by atoms with Crippen LogP contribution in [0.1, 0.15) is 10.5 Å². The van der Waals surface area contributed by atoms with E-state index in [0.29, 0.717) is 11.4 Å². The molecule has 2 N–H and O–H groups in total. The van der Waals surface area contributed by atoms with Gasteiger partial charge in [0.25, 0.3) is 5.91 Å². The number of nitrogens with one attached hydrogen (secondary N) is 1. The third-order valence-corrected chi connectivity index (χ3v) is 3.77. The Morgan fingerprint density at radius 3 is 2.69 bits per heavy atom. The molecule has 0 bridgehead atoms. The van der Waals surface area contributed by atoms with Crippen LogP contribution in [0.4, 0.5) is 5.69 Å². The van der Waals surface area contributed by atoms with Crippen LogP contribution in [0.2, 0.25) is 0 Å². The van der Waals surface area contributed by atoms with Gasteiger partial charge in [-0.15, -0.1) is 0 Å². The molecule has 3 rings (SSSR count). The maximum absolute atomic E-state index is 12.1. The summed E-state index contributed by atoms with van der Waals surface area (Å²) >= 11 is 3.35. The molecular formula is C16H14BrN5O4. The standard InChI is InChI=1S/C16H14BrN5O4/c17-11-1-3-13(4-2-11)26-10-22-8-12(7-18-22)19-16(25)14-5-6-21(20-14)9-15(23)24/h1-8H,9-10H2,(H,19,25)(H,23,24). The number of nitrogens with zero attached hydrogens (tertiary/aromatic N) is 4. The highest BCUT2D eigenvalue weighted by Crippen LogP contribution is 2.16. The zero-order valence-electron chi connectivity index (χ0n) is 13.4. The average molecular weight is 420 g/mol. The number of carbonyl (C=O) groups is 2. The Morgan fingerprint density at radius 1 is 1.19 bits per heavy atom. The number of hydrogen-bond acceptors (Lipinski definition) is 5. The van der Waals surface area contributed by atoms with E-state index in [1.54, 1.807) is 6.20 Å². The second-order valence-electron chi connectivity index (χ2n) is 5.24. The molecule has 134 valence electrons. The van der Waals surface area contributed by atoms with E-state index in [4.69, 9.17) is 9.84 Å². The third kappa shape index (κ3) is 4.70. The number of carboxylic acid groups (broad SMARTS) is 1. The molecule has 0 aliphatic heterocycles. The van der Waals surface area contributed by atoms with Gasteiger partial charge in [0.1, 0.15) is 12.3 Å². The van der Waals surface area contributed by atoms with Crippen LogP contribution in [0.15, 0.2) is 53.4 Å². The summed E-state index contributed by atoms with van der Waals surface area (Å²) in [5.41, 5.74) is 0.590. The lowest BCUT2D eigenvalue weighted by Crippen LogP contribution is -2.14. The van der Waals surface area contributed by atoms with Crippen molar-refractivity contribution >= 4 is 33.5 Å². The minimum Gasteiger partial charge on any atom is -0.480 e. The molecule has 0 fully saturated rings. The molecule has 26 heavy (non-hydrogen) atoms. The molecule has 2 heterocycles. The second-order valence-corrected chi connectivity index (χ2v) is 6.16. The van der Waals surface area contributed by atoms with Crippen LogP contribution in [-0.2, 0) is 18.1 Å². The molecular weight excluding hydrogens is 406 g/mol. The summed E-state index contributed by atoms with van der Waals surface area (Å²) in [4.78, 5) is 22.8. The van der Waals surface area contributed by atoms with Gasteiger partial charge in [0.2, 0.25) is 0 Å². The van der Waals surface area contributed by atoms with Crippen molar-refractivity contribution in [2.75, 3.05) is 5.32 Å². The van der Waals surface area contributed by atoms with Crippen LogP contribution < -0.4 is 10.1 Å². The van der Waals surface area contributed by atoms with Crippen molar-refractivity contribution < 1.29 is 19.4 Å². The number of carbonyl (C=O) groups excluding carboxylic acids is 1. The van der Waals surface area contributed by atoms with Crippen molar-refractivity contribution in [1.82, 2.24) is 19.6 Å². The van der Waals surface area contributed by atoms with Gasteiger partial charge in [-0.3, -0.25) is 14.3 Å². The van der Waals surface area contributed by atoms with Gasteiger partial charge in [-0.2, -0.15) is 10.2 Å². The molecule has 0 aliphatic rings. The van der Waals surface area contributed by atoms with E-state index in [1.807, 2.05) is 24.3 Å². The van der Waals surface area contributed by atoms with Gasteiger partial charge >= 0.3 is 5.97 Å². The largest absolute Gasteiger partial charge is 0.480 e. The highest BCUT2D eigenvalue weighted by Gasteiger charge is 2.12. The third-order valence-electron chi connectivity index (χ3n) is 3.24. The SMILES string of the molecule is O=C(O)Cn1ccc(C(=O)Nc2cnn(COc3ccc(Br)cc3)c2)n1. The Labute approximate surface area is 156 Å². The lowest BCUT2D eigenvalue weighted by molar-refractivity contribution is -0.137. The Morgan fingerprint density at radius 2 is 1.96 bits per heavy atom. The topological polar surface area (TPSA) is 111 Å². The van der Waals surface area contributed by atoms with Gasteiger partial charge < -0.3 is 15.2 Å². The Hall–Kier alpha value is -3.14. The van der Waals surface area contributed by atoms with Gasteiger partial charge in [0.05, 0.1) is 18.1 Å². The predicted octanol–water partition coefficient (Wildman–Crippen LogP) is 2.22. The molecule has 0 saturated carbocycles. The Balaban J connectivity index is 1.55. The summed E-state index contributed by atoms with van der Waals surface area (Å²) in [5, 5.41) is 19.4. The molecule has 0 spiro atoms. The molecule has 10 heteroatoms. The number of rotatable bonds is 7. The smallest absolute Gasteiger partial charge is 0.325 e. The lowest BCUT2D eigenvalue weighted by atomic mass is 10.3. The fourth-order valence-corrected chi connectivity index (χ4v) is 2.34. The number of benzene rings is 1. The predicted molar refractivity (Wildman–Crippen MR) is 94.8 cm³/mol. The normalized spacial score (nSPS) is 10.5. The number of ether oxygens (including phenoxy) is 1. The van der Waals surface area contributed by atoms with Crippen LogP contribution in [0.25, 0.3) is 0 Å². The minimum atomic E-state index is -1.04. The number of aliphatic carboxylic acids is 1. The number of amides is 1. The molecule has 0 unspecified atom stereocenters. The first-order chi connectivity index (χ1) is 12.5. The van der Waals surface area contributed by atoms with Crippen molar-refractivity contribution in [3.8, 4) is 5.75 Å². The van der Waals surface area contributed by atoms with Crippen LogP contribution >= 0.6 is 15.9 Å². The lowest BCUT2D eigenvalue weighted by Gasteiger charge is -2.05. The van der Waals surface area contributed by atoms with E-state index >= 15 is 0 Å². The number of aromatic nitrogens is 4. The summed E-state index contributed by atoms with van der Waals surface area (Å²) in [6.45, 7) is -0.122. The van der Waals surface area contributed by atoms with E-state index in [9.17, 15) is 9.59 Å². The van der Waals surface area contributed by atoms with Crippen molar-refractivity contribution in [2.24, 2.45) is 0 Å². The molecule has 1 amide bonds. The fraction of sp³-hybridized carbons (Fsp3) is 0.125. The quantitative estimate of drug-likeness (QED) is 0.607. The van der Waals surface area contributed by atoms with Gasteiger partial charge in [-0.1, -0.05) is 15.9 Å². The highest BCUT2D eigenvalue weighted by molar-refractivity contribution is 9.10. The Bertz CT molecular complexity index is 919. The van der Waals surface area contributed by atoms with E-state index in [2.05, 4.69) is 31.4 Å². The average Bonchev–Trinajstić information content (AvgIpc) is 3.23. The molecule has 3 aromatic rings. The van der Waals surface area contributed by atoms with Crippen molar-refractivity contribution in [3.63, 3.8) is 0 Å². The van der Waals surface area contributed by atoms with Crippen molar-refractivity contribution in [2.45, 2.75) is 13.3 Å². The molecule has 0 atom stereocenters. The van der Waals surface area contributed by atoms with Gasteiger partial charge in [0.15, 0.2) is 12.4 Å². The van der Waals surface area contributed by atoms with E-state index < -0.39 is 11.9 Å². The Kier molecular flexibility index (Phi) is 5.32. The van der Waals surface area contributed by atoms with E-state index in [1.165, 1.54) is 27.8 Å². The first-order valence-electron chi connectivity index (χ1n) is 7.47. The van der Waals surface area contributed by atoms with Crippen molar-refractivity contribution in [1.29, 1.82) is 0 Å². The van der Waals surface area contributed by atoms with Crippen LogP contribution in [-0.4, -0.2) is 36.5 Å². The summed E-state index contributed by atoms with van der Waals surface area (Å²) in [7, 11) is 0. The second kappa shape index (κ2) is 7.83. The van der Waals surface area contributed by atoms with E-state index in [0.717, 1.165) is 4.47 Å². The van der Waals surface area contributed by atoms with Crippen LogP contribution in [0.5, 0.6) is 5.75 Å². The first-order valence-corrected chi connectivity index (χ1v) is 8.26. The summed E-state index contributed by atoms with van der Waals surface area (Å²) < 4.78 is 9.25. The van der Waals surface area contributed by atoms with Gasteiger partial charge in [-0.05, 0) is 30.3 Å². The molecule has 0 saturated heterocycles. The monoisotopic (exact) mass is 419 g/mol. The first kappa shape index (κ1) is 17.7. The van der Waals surface area contributed by atoms with Crippen LogP contribution in [0, 0.1) is 0 Å². The van der Waals surface area contributed by atoms with E-state index in [-0.39, 0.29) is 19.0 Å². The maximum atomic E-state index is 12.1. The summed E-state index contributed by atoms with van der Waals surface area (Å²) in [6.07, 6.45) is 4.53. The number of hydrogen-bond donors (Lipinski definition) is 2. The maximum Gasteiger partial charge on any atom is 0.325 e. The van der Waals surface area contributed by atoms with Crippen molar-refractivity contribution in [3.05, 3.63) is 59.1 Å². The zero-order valence-corrected chi connectivity index (χ0v) is 15.0. The molecule has 0 radical (unpaired) electrons. The highest BCUT2D eigenvalue weighted by atomic mass is 79.9. The molecule has 0 aliphatic carbocycles. The summed E-state index contributed by atoms with van der Waals surface area (Å²) in [5.74, 6) is -0.798. The zero-order chi connectivity index (χ0) is 18.5. The molecule has 1 aromatic carbocycles. The van der Waals surface area contributed by atoms with Gasteiger partial charge in [0, 0.05) is 10.7 Å². The molecule has 2 aromatic heterocycles. The van der Waals surface area contributed by atoms with Crippen LogP contribution in [0.3, 0.4) is 0 Å².